The summed E-state index contributed by atoms with van der Waals surface area (Å²) < 4.78 is 13.1. The third kappa shape index (κ3) is 2.86. The monoisotopic (exact) mass is 219 g/mol. The largest absolute Gasteiger partial charge is 0.304 e. The first-order chi connectivity index (χ1) is 6.15. The number of hydrogen-bond acceptors (Lipinski definition) is 2. The zero-order valence-corrected chi connectivity index (χ0v) is 8.92. The van der Waals surface area contributed by atoms with Crippen LogP contribution in [0.1, 0.15) is 11.1 Å². The molecule has 1 nitrogen and oxygen atoms in total. The molecule has 0 radical (unpaired) electrons. The molecule has 0 saturated carbocycles. The molecule has 0 saturated heterocycles. The minimum atomic E-state index is -0.222. The van der Waals surface area contributed by atoms with E-state index in [9.17, 15) is 4.39 Å². The van der Waals surface area contributed by atoms with Crippen molar-refractivity contribution in [2.75, 3.05) is 5.88 Å². The summed E-state index contributed by atoms with van der Waals surface area (Å²) in [6.45, 7) is 2.23. The molecule has 0 unspecified atom stereocenters. The average Bonchev–Trinajstić information content (AvgIpc) is 2.09. The van der Waals surface area contributed by atoms with Crippen molar-refractivity contribution >= 4 is 24.2 Å². The van der Waals surface area contributed by atoms with Gasteiger partial charge in [0, 0.05) is 17.4 Å². The van der Waals surface area contributed by atoms with Crippen LogP contribution in [0.4, 0.5) is 4.39 Å². The summed E-state index contributed by atoms with van der Waals surface area (Å²) in [4.78, 5) is 0. The second-order valence-electron chi connectivity index (χ2n) is 2.78. The lowest BCUT2D eigenvalue weighted by molar-refractivity contribution is 0.614. The average molecular weight is 220 g/mol. The van der Waals surface area contributed by atoms with E-state index in [0.717, 1.165) is 5.56 Å². The van der Waals surface area contributed by atoms with Crippen molar-refractivity contribution in [3.8, 4) is 0 Å². The number of rotatable bonds is 3. The molecule has 0 aliphatic heterocycles. The van der Waals surface area contributed by atoms with Crippen molar-refractivity contribution in [3.05, 3.63) is 34.1 Å². The predicted octanol–water partition coefficient (Wildman–Crippen LogP) is 2.76. The molecule has 72 valence electrons. The number of hydrogen-bond donors (Lipinski definition) is 2. The predicted molar refractivity (Wildman–Crippen MR) is 56.8 cm³/mol. The Hall–Kier alpha value is -0.250. The van der Waals surface area contributed by atoms with E-state index < -0.39 is 0 Å². The summed E-state index contributed by atoms with van der Waals surface area (Å²) in [6, 6.07) is 3.08. The van der Waals surface area contributed by atoms with E-state index in [1.165, 1.54) is 6.07 Å². The molecular formula is C9H11ClFNS. The van der Waals surface area contributed by atoms with Crippen LogP contribution in [0.5, 0.6) is 0 Å². The molecule has 1 rings (SSSR count). The Morgan fingerprint density at radius 1 is 1.54 bits per heavy atom. The smallest absolute Gasteiger partial charge is 0.126 e. The van der Waals surface area contributed by atoms with Crippen molar-refractivity contribution < 1.29 is 4.39 Å². The zero-order valence-electron chi connectivity index (χ0n) is 7.27. The van der Waals surface area contributed by atoms with Gasteiger partial charge in [-0.15, -0.1) is 0 Å². The van der Waals surface area contributed by atoms with Gasteiger partial charge in [0.15, 0.2) is 0 Å². The van der Waals surface area contributed by atoms with Gasteiger partial charge >= 0.3 is 0 Å². The van der Waals surface area contributed by atoms with E-state index in [1.807, 2.05) is 0 Å². The van der Waals surface area contributed by atoms with Gasteiger partial charge in [0.25, 0.3) is 0 Å². The fourth-order valence-electron chi connectivity index (χ4n) is 1.01. The van der Waals surface area contributed by atoms with E-state index in [2.05, 4.69) is 17.9 Å². The first-order valence-corrected chi connectivity index (χ1v) is 4.92. The van der Waals surface area contributed by atoms with Gasteiger partial charge in [-0.05, 0) is 30.2 Å². The summed E-state index contributed by atoms with van der Waals surface area (Å²) in [5.41, 5.74) is 1.33. The quantitative estimate of drug-likeness (QED) is 0.589. The van der Waals surface area contributed by atoms with Gasteiger partial charge in [0.05, 0.1) is 0 Å². The first-order valence-electron chi connectivity index (χ1n) is 3.91. The van der Waals surface area contributed by atoms with Crippen molar-refractivity contribution in [1.29, 1.82) is 0 Å². The summed E-state index contributed by atoms with van der Waals surface area (Å²) >= 11 is 9.89. The second kappa shape index (κ2) is 4.84. The van der Waals surface area contributed by atoms with Gasteiger partial charge < -0.3 is 5.32 Å². The van der Waals surface area contributed by atoms with E-state index >= 15 is 0 Å². The Labute approximate surface area is 87.7 Å². The minimum absolute atomic E-state index is 0.222. The number of halogens is 2. The Bertz CT molecular complexity index is 304. The number of nitrogens with one attached hydrogen (secondary N) is 1. The van der Waals surface area contributed by atoms with E-state index in [1.54, 1.807) is 13.0 Å². The van der Waals surface area contributed by atoms with Crippen LogP contribution in [0.25, 0.3) is 0 Å². The number of thiol groups is 1. The maximum absolute atomic E-state index is 13.1. The van der Waals surface area contributed by atoms with E-state index in [4.69, 9.17) is 11.6 Å². The summed E-state index contributed by atoms with van der Waals surface area (Å²) in [5.74, 6) is 0.326. The summed E-state index contributed by atoms with van der Waals surface area (Å²) in [5, 5.41) is 3.56. The molecule has 4 heteroatoms. The van der Waals surface area contributed by atoms with Crippen LogP contribution in [0.15, 0.2) is 12.1 Å². The second-order valence-corrected chi connectivity index (χ2v) is 3.50. The number of aryl methyl sites for hydroxylation is 1. The fourth-order valence-corrected chi connectivity index (χ4v) is 1.41. The Balaban J connectivity index is 2.88. The molecule has 0 aliphatic rings. The van der Waals surface area contributed by atoms with Gasteiger partial charge in [-0.25, -0.2) is 4.39 Å². The molecule has 13 heavy (non-hydrogen) atoms. The molecular weight excluding hydrogens is 209 g/mol. The van der Waals surface area contributed by atoms with Crippen molar-refractivity contribution in [3.63, 3.8) is 0 Å². The molecule has 1 N–H and O–H groups in total. The normalized spacial score (nSPS) is 10.5. The zero-order chi connectivity index (χ0) is 9.84. The van der Waals surface area contributed by atoms with Gasteiger partial charge in [0.1, 0.15) is 5.82 Å². The molecule has 0 atom stereocenters. The molecule has 0 spiro atoms. The lowest BCUT2D eigenvalue weighted by atomic mass is 10.1. The molecule has 0 aliphatic carbocycles. The maximum atomic E-state index is 13.1. The van der Waals surface area contributed by atoms with Gasteiger partial charge in [-0.3, -0.25) is 0 Å². The highest BCUT2D eigenvalue weighted by Crippen LogP contribution is 2.20. The third-order valence-electron chi connectivity index (χ3n) is 1.75. The van der Waals surface area contributed by atoms with Crippen LogP contribution in [0.3, 0.4) is 0 Å². The first kappa shape index (κ1) is 10.8. The van der Waals surface area contributed by atoms with Crippen LogP contribution < -0.4 is 5.32 Å². The topological polar surface area (TPSA) is 12.0 Å². The lowest BCUT2D eigenvalue weighted by Crippen LogP contribution is -2.11. The van der Waals surface area contributed by atoms with Gasteiger partial charge in [-0.1, -0.05) is 11.6 Å². The van der Waals surface area contributed by atoms with Crippen LogP contribution in [-0.4, -0.2) is 5.88 Å². The molecule has 1 aromatic carbocycles. The summed E-state index contributed by atoms with van der Waals surface area (Å²) in [7, 11) is 0. The summed E-state index contributed by atoms with van der Waals surface area (Å²) in [6.07, 6.45) is 0. The van der Waals surface area contributed by atoms with Crippen molar-refractivity contribution in [2.24, 2.45) is 0 Å². The molecule has 0 amide bonds. The van der Waals surface area contributed by atoms with E-state index in [-0.39, 0.29) is 5.82 Å². The fraction of sp³-hybridized carbons (Fsp3) is 0.333. The highest BCUT2D eigenvalue weighted by atomic mass is 35.5. The SMILES string of the molecule is Cc1cc(Cl)c(CNCS)cc1F. The highest BCUT2D eigenvalue weighted by Gasteiger charge is 2.04. The molecule has 0 fully saturated rings. The highest BCUT2D eigenvalue weighted by molar-refractivity contribution is 7.80. The van der Waals surface area contributed by atoms with Crippen molar-refractivity contribution in [2.45, 2.75) is 13.5 Å². The van der Waals surface area contributed by atoms with Crippen LogP contribution >= 0.6 is 24.2 Å². The third-order valence-corrected chi connectivity index (χ3v) is 2.33. The molecule has 0 aromatic heterocycles. The van der Waals surface area contributed by atoms with Crippen LogP contribution in [0, 0.1) is 12.7 Å². The molecule has 1 aromatic rings. The molecule has 0 heterocycles. The standard InChI is InChI=1S/C9H11ClFNS/c1-6-2-8(10)7(3-9(6)11)4-12-5-13/h2-3,12-13H,4-5H2,1H3. The number of benzene rings is 1. The van der Waals surface area contributed by atoms with Crippen LogP contribution in [-0.2, 0) is 6.54 Å². The Morgan fingerprint density at radius 2 is 2.23 bits per heavy atom. The minimum Gasteiger partial charge on any atom is -0.304 e. The maximum Gasteiger partial charge on any atom is 0.126 e. The van der Waals surface area contributed by atoms with Gasteiger partial charge in [0.2, 0.25) is 0 Å². The van der Waals surface area contributed by atoms with Gasteiger partial charge in [-0.2, -0.15) is 12.6 Å². The van der Waals surface area contributed by atoms with Crippen molar-refractivity contribution in [1.82, 2.24) is 5.32 Å². The molecule has 0 bridgehead atoms. The van der Waals surface area contributed by atoms with Crippen LogP contribution in [0.2, 0.25) is 5.02 Å². The Kier molecular flexibility index (Phi) is 4.03. The lowest BCUT2D eigenvalue weighted by Gasteiger charge is -2.06. The van der Waals surface area contributed by atoms with E-state index in [0.29, 0.717) is 23.0 Å². The Morgan fingerprint density at radius 3 is 2.85 bits per heavy atom.